The predicted octanol–water partition coefficient (Wildman–Crippen LogP) is 1.88. The standard InChI is InChI=1S/C15H32N2O2/c1-14-6-4-7-15(12-14,13-16)17(9-11-19-3)8-5-10-18-2/h14H,4-13,16H2,1-3H3. The van der Waals surface area contributed by atoms with Gasteiger partial charge in [-0.05, 0) is 25.2 Å². The Labute approximate surface area is 118 Å². The van der Waals surface area contributed by atoms with Crippen molar-refractivity contribution in [2.75, 3.05) is 47.1 Å². The van der Waals surface area contributed by atoms with Crippen LogP contribution in [0.25, 0.3) is 0 Å². The summed E-state index contributed by atoms with van der Waals surface area (Å²) in [5, 5.41) is 0. The summed E-state index contributed by atoms with van der Waals surface area (Å²) >= 11 is 0. The first-order valence-electron chi connectivity index (χ1n) is 7.61. The molecule has 1 fully saturated rings. The highest BCUT2D eigenvalue weighted by molar-refractivity contribution is 4.95. The second kappa shape index (κ2) is 8.90. The Morgan fingerprint density at radius 1 is 1.21 bits per heavy atom. The molecule has 2 atom stereocenters. The molecule has 4 heteroatoms. The average Bonchev–Trinajstić information content (AvgIpc) is 2.42. The third-order valence-corrected chi connectivity index (χ3v) is 4.46. The summed E-state index contributed by atoms with van der Waals surface area (Å²) in [6.07, 6.45) is 6.16. The first kappa shape index (κ1) is 16.9. The van der Waals surface area contributed by atoms with Crippen LogP contribution in [0.15, 0.2) is 0 Å². The van der Waals surface area contributed by atoms with Crippen LogP contribution in [0, 0.1) is 5.92 Å². The van der Waals surface area contributed by atoms with E-state index < -0.39 is 0 Å². The Morgan fingerprint density at radius 2 is 1.95 bits per heavy atom. The van der Waals surface area contributed by atoms with Crippen molar-refractivity contribution in [3.05, 3.63) is 0 Å². The minimum atomic E-state index is 0.184. The maximum absolute atomic E-state index is 6.16. The Bertz CT molecular complexity index is 238. The monoisotopic (exact) mass is 272 g/mol. The third kappa shape index (κ3) is 5.03. The van der Waals surface area contributed by atoms with Crippen molar-refractivity contribution in [1.29, 1.82) is 0 Å². The minimum absolute atomic E-state index is 0.184. The normalized spacial score (nSPS) is 27.9. The number of ether oxygens (including phenoxy) is 2. The van der Waals surface area contributed by atoms with E-state index in [2.05, 4.69) is 11.8 Å². The smallest absolute Gasteiger partial charge is 0.0589 e. The van der Waals surface area contributed by atoms with Gasteiger partial charge in [-0.2, -0.15) is 0 Å². The molecule has 0 aromatic rings. The van der Waals surface area contributed by atoms with Gasteiger partial charge in [-0.25, -0.2) is 0 Å². The lowest BCUT2D eigenvalue weighted by molar-refractivity contribution is 0.0144. The van der Waals surface area contributed by atoms with Gasteiger partial charge in [0.05, 0.1) is 6.61 Å². The summed E-state index contributed by atoms with van der Waals surface area (Å²) < 4.78 is 10.5. The molecule has 0 aliphatic heterocycles. The number of nitrogens with two attached hydrogens (primary N) is 1. The van der Waals surface area contributed by atoms with Crippen LogP contribution in [0.3, 0.4) is 0 Å². The highest BCUT2D eigenvalue weighted by atomic mass is 16.5. The van der Waals surface area contributed by atoms with E-state index >= 15 is 0 Å². The maximum Gasteiger partial charge on any atom is 0.0589 e. The zero-order valence-electron chi connectivity index (χ0n) is 13.0. The van der Waals surface area contributed by atoms with Crippen molar-refractivity contribution in [3.63, 3.8) is 0 Å². The quantitative estimate of drug-likeness (QED) is 0.651. The van der Waals surface area contributed by atoms with Crippen molar-refractivity contribution in [2.24, 2.45) is 11.7 Å². The number of nitrogens with zero attached hydrogens (tertiary/aromatic N) is 1. The highest BCUT2D eigenvalue weighted by Crippen LogP contribution is 2.36. The molecule has 114 valence electrons. The van der Waals surface area contributed by atoms with Gasteiger partial charge in [0, 0.05) is 46.0 Å². The predicted molar refractivity (Wildman–Crippen MR) is 79.4 cm³/mol. The summed E-state index contributed by atoms with van der Waals surface area (Å²) in [5.74, 6) is 0.782. The molecule has 4 nitrogen and oxygen atoms in total. The summed E-state index contributed by atoms with van der Waals surface area (Å²) in [6, 6.07) is 0. The molecule has 2 unspecified atom stereocenters. The van der Waals surface area contributed by atoms with Gasteiger partial charge in [0.25, 0.3) is 0 Å². The molecular weight excluding hydrogens is 240 g/mol. The molecule has 1 aliphatic rings. The van der Waals surface area contributed by atoms with Crippen molar-refractivity contribution in [1.82, 2.24) is 4.90 Å². The van der Waals surface area contributed by atoms with Crippen LogP contribution in [-0.2, 0) is 9.47 Å². The fourth-order valence-corrected chi connectivity index (χ4v) is 3.42. The van der Waals surface area contributed by atoms with Crippen molar-refractivity contribution < 1.29 is 9.47 Å². The molecule has 0 radical (unpaired) electrons. The van der Waals surface area contributed by atoms with Crippen LogP contribution < -0.4 is 5.73 Å². The van der Waals surface area contributed by atoms with E-state index in [0.29, 0.717) is 0 Å². The van der Waals surface area contributed by atoms with Crippen LogP contribution in [-0.4, -0.2) is 57.5 Å². The summed E-state index contributed by atoms with van der Waals surface area (Å²) in [6.45, 7) is 6.75. The summed E-state index contributed by atoms with van der Waals surface area (Å²) in [4.78, 5) is 2.56. The van der Waals surface area contributed by atoms with Gasteiger partial charge < -0.3 is 15.2 Å². The van der Waals surface area contributed by atoms with E-state index in [1.54, 1.807) is 14.2 Å². The second-order valence-electron chi connectivity index (χ2n) is 5.96. The zero-order chi connectivity index (χ0) is 14.1. The maximum atomic E-state index is 6.16. The average molecular weight is 272 g/mol. The molecule has 0 bridgehead atoms. The molecule has 0 heterocycles. The van der Waals surface area contributed by atoms with Crippen molar-refractivity contribution in [2.45, 2.75) is 44.6 Å². The topological polar surface area (TPSA) is 47.7 Å². The van der Waals surface area contributed by atoms with Crippen LogP contribution in [0.2, 0.25) is 0 Å². The molecule has 0 spiro atoms. The SMILES string of the molecule is COCCCN(CCOC)C1(CN)CCCC(C)C1. The van der Waals surface area contributed by atoms with E-state index in [0.717, 1.165) is 45.2 Å². The van der Waals surface area contributed by atoms with E-state index in [-0.39, 0.29) is 5.54 Å². The Hall–Kier alpha value is -0.160. The number of hydrogen-bond acceptors (Lipinski definition) is 4. The van der Waals surface area contributed by atoms with Gasteiger partial charge in [-0.3, -0.25) is 4.90 Å². The Kier molecular flexibility index (Phi) is 7.91. The summed E-state index contributed by atoms with van der Waals surface area (Å²) in [7, 11) is 3.53. The molecule has 0 aromatic carbocycles. The molecule has 2 N–H and O–H groups in total. The lowest BCUT2D eigenvalue weighted by Crippen LogP contribution is -2.57. The number of rotatable bonds is 9. The first-order valence-corrected chi connectivity index (χ1v) is 7.61. The Morgan fingerprint density at radius 3 is 2.53 bits per heavy atom. The van der Waals surface area contributed by atoms with Gasteiger partial charge >= 0.3 is 0 Å². The van der Waals surface area contributed by atoms with Gasteiger partial charge in [-0.15, -0.1) is 0 Å². The lowest BCUT2D eigenvalue weighted by Gasteiger charge is -2.48. The van der Waals surface area contributed by atoms with E-state index in [9.17, 15) is 0 Å². The van der Waals surface area contributed by atoms with E-state index in [1.807, 2.05) is 0 Å². The van der Waals surface area contributed by atoms with Crippen molar-refractivity contribution >= 4 is 0 Å². The Balaban J connectivity index is 2.66. The fourth-order valence-electron chi connectivity index (χ4n) is 3.42. The lowest BCUT2D eigenvalue weighted by atomic mass is 9.75. The van der Waals surface area contributed by atoms with Crippen LogP contribution in [0.5, 0.6) is 0 Å². The molecule has 0 saturated heterocycles. The van der Waals surface area contributed by atoms with Crippen LogP contribution in [0.4, 0.5) is 0 Å². The second-order valence-corrected chi connectivity index (χ2v) is 5.96. The molecule has 1 rings (SSSR count). The first-order chi connectivity index (χ1) is 9.18. The molecule has 0 amide bonds. The third-order valence-electron chi connectivity index (χ3n) is 4.46. The largest absolute Gasteiger partial charge is 0.385 e. The molecule has 1 saturated carbocycles. The van der Waals surface area contributed by atoms with Gasteiger partial charge in [-0.1, -0.05) is 19.8 Å². The van der Waals surface area contributed by atoms with E-state index in [1.165, 1.54) is 25.7 Å². The number of methoxy groups -OCH3 is 2. The van der Waals surface area contributed by atoms with Gasteiger partial charge in [0.1, 0.15) is 0 Å². The van der Waals surface area contributed by atoms with Gasteiger partial charge in [0.2, 0.25) is 0 Å². The number of hydrogen-bond donors (Lipinski definition) is 1. The molecule has 0 aromatic heterocycles. The minimum Gasteiger partial charge on any atom is -0.385 e. The molecular formula is C15H32N2O2. The zero-order valence-corrected chi connectivity index (χ0v) is 13.0. The van der Waals surface area contributed by atoms with E-state index in [4.69, 9.17) is 15.2 Å². The van der Waals surface area contributed by atoms with Gasteiger partial charge in [0.15, 0.2) is 0 Å². The van der Waals surface area contributed by atoms with Crippen LogP contribution >= 0.6 is 0 Å². The van der Waals surface area contributed by atoms with Crippen molar-refractivity contribution in [3.8, 4) is 0 Å². The molecule has 19 heavy (non-hydrogen) atoms. The fraction of sp³-hybridized carbons (Fsp3) is 1.00. The summed E-state index contributed by atoms with van der Waals surface area (Å²) in [5.41, 5.74) is 6.35. The molecule has 1 aliphatic carbocycles. The highest BCUT2D eigenvalue weighted by Gasteiger charge is 2.38. The van der Waals surface area contributed by atoms with Crippen LogP contribution in [0.1, 0.15) is 39.0 Å².